The number of hydrogen-bond donors (Lipinski definition) is 3. The van der Waals surface area contributed by atoms with E-state index in [0.717, 1.165) is 4.90 Å². The molecule has 3 N–H and O–H groups in total. The molecule has 2 aromatic rings. The van der Waals surface area contributed by atoms with Crippen LogP contribution in [-0.2, 0) is 9.59 Å². The van der Waals surface area contributed by atoms with Crippen LogP contribution in [0.25, 0.3) is 0 Å². The van der Waals surface area contributed by atoms with Gasteiger partial charge in [0.15, 0.2) is 13.1 Å². The Morgan fingerprint density at radius 1 is 1.00 bits per heavy atom. The summed E-state index contributed by atoms with van der Waals surface area (Å²) in [5.74, 6) is -0.122. The summed E-state index contributed by atoms with van der Waals surface area (Å²) < 4.78 is 18.6. The van der Waals surface area contributed by atoms with E-state index in [4.69, 9.17) is 4.74 Å². The summed E-state index contributed by atoms with van der Waals surface area (Å²) in [5, 5.41) is 5.46. The number of aryl methyl sites for hydroxylation is 1. The van der Waals surface area contributed by atoms with E-state index in [2.05, 4.69) is 10.6 Å². The zero-order chi connectivity index (χ0) is 19.8. The Morgan fingerprint density at radius 3 is 2.07 bits per heavy atom. The van der Waals surface area contributed by atoms with Crippen molar-refractivity contribution >= 4 is 23.2 Å². The second kappa shape index (κ2) is 9.68. The van der Waals surface area contributed by atoms with Crippen LogP contribution in [0, 0.1) is 12.7 Å². The van der Waals surface area contributed by atoms with E-state index in [-0.39, 0.29) is 30.7 Å². The van der Waals surface area contributed by atoms with Gasteiger partial charge in [0.25, 0.3) is 11.8 Å². The number of likely N-dealkylation sites (N-methyl/N-ethyl adjacent to an activating group) is 1. The van der Waals surface area contributed by atoms with Crippen LogP contribution in [0.3, 0.4) is 0 Å². The smallest absolute Gasteiger partial charge is 0.279 e. The molecular weight excluding hydrogens is 349 g/mol. The summed E-state index contributed by atoms with van der Waals surface area (Å²) in [6.45, 7) is 4.42. The highest BCUT2D eigenvalue weighted by molar-refractivity contribution is 5.93. The molecule has 144 valence electrons. The topological polar surface area (TPSA) is 71.9 Å². The van der Waals surface area contributed by atoms with Crippen molar-refractivity contribution in [1.29, 1.82) is 0 Å². The van der Waals surface area contributed by atoms with E-state index in [1.165, 1.54) is 6.07 Å². The molecule has 0 fully saturated rings. The van der Waals surface area contributed by atoms with E-state index < -0.39 is 0 Å². The van der Waals surface area contributed by atoms with Gasteiger partial charge in [0.2, 0.25) is 0 Å². The van der Waals surface area contributed by atoms with Crippen molar-refractivity contribution in [3.05, 3.63) is 53.8 Å². The molecule has 0 spiro atoms. The minimum absolute atomic E-state index is 0.113. The minimum Gasteiger partial charge on any atom is -0.497 e. The number of anilines is 2. The molecule has 2 aromatic carbocycles. The third-order valence-corrected chi connectivity index (χ3v) is 4.15. The first-order valence-corrected chi connectivity index (χ1v) is 8.74. The SMILES string of the molecule is CC[NH+](CC(=O)Nc1ccc(OC)cc1)CC(=O)Nc1ccc(C)c(F)c1. The first-order valence-electron chi connectivity index (χ1n) is 8.74. The van der Waals surface area contributed by atoms with Crippen LogP contribution in [0.2, 0.25) is 0 Å². The van der Waals surface area contributed by atoms with E-state index in [1.54, 1.807) is 50.4 Å². The molecule has 2 rings (SSSR count). The van der Waals surface area contributed by atoms with Gasteiger partial charge in [-0.3, -0.25) is 9.59 Å². The number of rotatable bonds is 8. The Labute approximate surface area is 158 Å². The van der Waals surface area contributed by atoms with Crippen molar-refractivity contribution in [1.82, 2.24) is 0 Å². The van der Waals surface area contributed by atoms with Crippen LogP contribution in [0.5, 0.6) is 5.75 Å². The molecular formula is C20H25FN3O3+. The summed E-state index contributed by atoms with van der Waals surface area (Å²) in [5.41, 5.74) is 1.58. The third-order valence-electron chi connectivity index (χ3n) is 4.15. The summed E-state index contributed by atoms with van der Waals surface area (Å²) in [6.07, 6.45) is 0. The number of amides is 2. The second-order valence-corrected chi connectivity index (χ2v) is 6.25. The molecule has 0 saturated heterocycles. The van der Waals surface area contributed by atoms with Crippen LogP contribution in [0.4, 0.5) is 15.8 Å². The quantitative estimate of drug-likeness (QED) is 0.658. The van der Waals surface area contributed by atoms with Gasteiger partial charge >= 0.3 is 0 Å². The molecule has 0 radical (unpaired) electrons. The largest absolute Gasteiger partial charge is 0.497 e. The van der Waals surface area contributed by atoms with Gasteiger partial charge in [-0.1, -0.05) is 6.07 Å². The maximum Gasteiger partial charge on any atom is 0.279 e. The Kier molecular flexibility index (Phi) is 7.31. The molecule has 0 heterocycles. The van der Waals surface area contributed by atoms with E-state index in [0.29, 0.717) is 29.2 Å². The number of hydrogen-bond acceptors (Lipinski definition) is 3. The molecule has 0 bridgehead atoms. The lowest BCUT2D eigenvalue weighted by Crippen LogP contribution is -3.13. The standard InChI is InChI=1S/C20H24FN3O3/c1-4-24(12-19(25)22-15-7-9-17(27-3)10-8-15)13-20(26)23-16-6-5-14(2)18(21)11-16/h5-11H,4,12-13H2,1-3H3,(H,22,25)(H,23,26)/p+1. The number of carbonyl (C=O) groups excluding carboxylic acids is 2. The lowest BCUT2D eigenvalue weighted by molar-refractivity contribution is -0.881. The molecule has 1 atom stereocenters. The number of carbonyl (C=O) groups is 2. The van der Waals surface area contributed by atoms with Crippen molar-refractivity contribution in [2.24, 2.45) is 0 Å². The van der Waals surface area contributed by atoms with Gasteiger partial charge in [0.05, 0.1) is 13.7 Å². The Bertz CT molecular complexity index is 794. The number of nitrogens with one attached hydrogen (secondary N) is 3. The molecule has 2 amide bonds. The lowest BCUT2D eigenvalue weighted by Gasteiger charge is -2.17. The molecule has 27 heavy (non-hydrogen) atoms. The van der Waals surface area contributed by atoms with Crippen LogP contribution in [0.15, 0.2) is 42.5 Å². The molecule has 0 aromatic heterocycles. The molecule has 1 unspecified atom stereocenters. The van der Waals surface area contributed by atoms with Crippen molar-refractivity contribution < 1.29 is 23.6 Å². The monoisotopic (exact) mass is 374 g/mol. The van der Waals surface area contributed by atoms with Gasteiger partial charge in [-0.05, 0) is 55.8 Å². The predicted molar refractivity (Wildman–Crippen MR) is 103 cm³/mol. The summed E-state index contributed by atoms with van der Waals surface area (Å²) >= 11 is 0. The van der Waals surface area contributed by atoms with E-state index in [1.807, 2.05) is 6.92 Å². The second-order valence-electron chi connectivity index (χ2n) is 6.25. The van der Waals surface area contributed by atoms with E-state index >= 15 is 0 Å². The first-order chi connectivity index (χ1) is 12.9. The first kappa shape index (κ1) is 20.4. The van der Waals surface area contributed by atoms with Gasteiger partial charge in [0, 0.05) is 11.4 Å². The molecule has 0 aliphatic carbocycles. The molecule has 0 saturated carbocycles. The average Bonchev–Trinajstić information content (AvgIpc) is 2.64. The van der Waals surface area contributed by atoms with Crippen LogP contribution in [0.1, 0.15) is 12.5 Å². The van der Waals surface area contributed by atoms with Gasteiger partial charge in [-0.25, -0.2) is 4.39 Å². The number of ether oxygens (including phenoxy) is 1. The highest BCUT2D eigenvalue weighted by atomic mass is 19.1. The van der Waals surface area contributed by atoms with E-state index in [9.17, 15) is 14.0 Å². The van der Waals surface area contributed by atoms with Crippen molar-refractivity contribution in [2.75, 3.05) is 37.4 Å². The number of quaternary nitrogens is 1. The average molecular weight is 374 g/mol. The normalized spacial score (nSPS) is 11.6. The Hall–Kier alpha value is -2.93. The number of benzene rings is 2. The third kappa shape index (κ3) is 6.38. The maximum absolute atomic E-state index is 13.6. The number of methoxy groups -OCH3 is 1. The van der Waals surface area contributed by atoms with Gasteiger partial charge in [-0.15, -0.1) is 0 Å². The van der Waals surface area contributed by atoms with Gasteiger partial charge in [-0.2, -0.15) is 0 Å². The van der Waals surface area contributed by atoms with Gasteiger partial charge < -0.3 is 20.3 Å². The highest BCUT2D eigenvalue weighted by Gasteiger charge is 2.17. The van der Waals surface area contributed by atoms with Crippen LogP contribution >= 0.6 is 0 Å². The molecule has 6 nitrogen and oxygen atoms in total. The predicted octanol–water partition coefficient (Wildman–Crippen LogP) is 1.62. The molecule has 0 aliphatic heterocycles. The fraction of sp³-hybridized carbons (Fsp3) is 0.300. The number of halogens is 1. The Balaban J connectivity index is 1.86. The Morgan fingerprint density at radius 2 is 1.56 bits per heavy atom. The molecule has 0 aliphatic rings. The summed E-state index contributed by atoms with van der Waals surface area (Å²) in [4.78, 5) is 25.2. The zero-order valence-electron chi connectivity index (χ0n) is 15.8. The van der Waals surface area contributed by atoms with Gasteiger partial charge in [0.1, 0.15) is 11.6 Å². The van der Waals surface area contributed by atoms with Crippen LogP contribution in [-0.4, -0.2) is 38.6 Å². The summed E-state index contributed by atoms with van der Waals surface area (Å²) in [6, 6.07) is 11.6. The fourth-order valence-corrected chi connectivity index (χ4v) is 2.52. The fourth-order valence-electron chi connectivity index (χ4n) is 2.52. The highest BCUT2D eigenvalue weighted by Crippen LogP contribution is 2.15. The minimum atomic E-state index is -0.369. The molecule has 7 heteroatoms. The van der Waals surface area contributed by atoms with Crippen molar-refractivity contribution in [3.8, 4) is 5.75 Å². The summed E-state index contributed by atoms with van der Waals surface area (Å²) in [7, 11) is 1.58. The van der Waals surface area contributed by atoms with Crippen LogP contribution < -0.4 is 20.3 Å². The maximum atomic E-state index is 13.6. The van der Waals surface area contributed by atoms with Crippen molar-refractivity contribution in [3.63, 3.8) is 0 Å². The van der Waals surface area contributed by atoms with Crippen molar-refractivity contribution in [2.45, 2.75) is 13.8 Å². The zero-order valence-corrected chi connectivity index (χ0v) is 15.8. The lowest BCUT2D eigenvalue weighted by atomic mass is 10.2.